The van der Waals surface area contributed by atoms with Gasteiger partial charge in [0.25, 0.3) is 0 Å². The molecule has 8 aliphatic rings. The van der Waals surface area contributed by atoms with Gasteiger partial charge in [0.2, 0.25) is 0 Å². The van der Waals surface area contributed by atoms with Crippen molar-refractivity contribution in [2.45, 2.75) is 157 Å². The van der Waals surface area contributed by atoms with Crippen molar-refractivity contribution in [2.24, 2.45) is 68.0 Å². The Labute approximate surface area is 470 Å². The van der Waals surface area contributed by atoms with Gasteiger partial charge in [-0.15, -0.1) is 0 Å². The molecule has 17 atom stereocenters. The van der Waals surface area contributed by atoms with Gasteiger partial charge in [-0.2, -0.15) is 11.8 Å². The van der Waals surface area contributed by atoms with Gasteiger partial charge in [-0.1, -0.05) is 67.5 Å². The predicted molar refractivity (Wildman–Crippen MR) is 295 cm³/mol. The SMILES string of the molecule is CSC[C@]1(C)C[C@@H](OC(=O)COc2ccc3c(c2F)B(O)OC3)[C@]2(C)[C@H](C)CC[C@]3(CCC(=O)[C@H]32)[C@@H](C)[C@@H]1O.C[C@@H]1CC[C@@]23CCC(=O)[C@H]2[C@]1(C)[C@H](OC(=O)COc1ccc2c(c1F)B(O)OC2)C[C@@](C)(CS(C)=O)[C@@H](O)[C@@H]3C. The molecule has 2 aromatic rings. The highest BCUT2D eigenvalue weighted by Gasteiger charge is 2.70. The van der Waals surface area contributed by atoms with Crippen LogP contribution in [-0.2, 0) is 62.0 Å². The molecule has 0 aromatic heterocycles. The first-order chi connectivity index (χ1) is 37.1. The molecule has 15 nitrogen and oxygen atoms in total. The standard InChI is InChI=1S/C29H40BFO8S.C29H40BFO7S/c1-16-8-10-29-11-9-19(32)25(29)28(16,4)21(12-27(3,15-40(5)36)26(34)17(29)2)39-22(33)14-37-20-7-6-18-13-38-30(35)23(18)24(20)31;1-16-8-10-29-11-9-19(32)25(29)28(16,4)21(12-27(3,15-39-5)26(34)17(29)2)38-22(33)14-36-20-7-6-18-13-37-30(35)23(18)24(20)31/h6-7,16-17,21,25-26,34-35H,8-15H2,1-5H3;6-7,16-17,21,25-26,34-35H,8-15H2,1-5H3/t16-,17+,21-,25+,26+,27+,28+,29+,40?;16-,17+,21-,25+,26+,27+,28+,29+/m11/s1. The number of halogens is 2. The zero-order valence-corrected chi connectivity index (χ0v) is 49.0. The van der Waals surface area contributed by atoms with Crippen LogP contribution in [-0.4, -0.2) is 124 Å². The van der Waals surface area contributed by atoms with Crippen molar-refractivity contribution in [3.8, 4) is 11.5 Å². The molecule has 6 saturated carbocycles. The third-order valence-corrected chi connectivity index (χ3v) is 23.8. The number of carbonyl (C=O) groups is 4. The van der Waals surface area contributed by atoms with Crippen LogP contribution in [0.3, 0.4) is 0 Å². The molecular formula is C58H80B2F2O15S2. The molecule has 0 spiro atoms. The summed E-state index contributed by atoms with van der Waals surface area (Å²) in [6, 6.07) is 6.00. The van der Waals surface area contributed by atoms with Crippen LogP contribution in [0.1, 0.15) is 131 Å². The molecular weight excluding hydrogens is 1060 g/mol. The normalized spacial score (nSPS) is 39.6. The molecule has 10 rings (SSSR count). The number of esters is 2. The summed E-state index contributed by atoms with van der Waals surface area (Å²) in [7, 11) is -3.99. The molecule has 2 heterocycles. The highest BCUT2D eigenvalue weighted by Crippen LogP contribution is 2.70. The van der Waals surface area contributed by atoms with Gasteiger partial charge in [-0.3, -0.25) is 13.8 Å². The minimum atomic E-state index is -1.40. The summed E-state index contributed by atoms with van der Waals surface area (Å²) in [6.07, 6.45) is 7.18. The molecule has 0 amide bonds. The van der Waals surface area contributed by atoms with Gasteiger partial charge in [0.1, 0.15) is 23.8 Å². The molecule has 4 N–H and O–H groups in total. The third-order valence-electron chi connectivity index (χ3n) is 21.8. The number of hydrogen-bond acceptors (Lipinski definition) is 16. The van der Waals surface area contributed by atoms with Gasteiger partial charge in [-0.25, -0.2) is 18.4 Å². The lowest BCUT2D eigenvalue weighted by Gasteiger charge is -2.62. The summed E-state index contributed by atoms with van der Waals surface area (Å²) in [5.41, 5.74) is -2.34. The van der Waals surface area contributed by atoms with E-state index in [-0.39, 0.29) is 100 Å². The zero-order chi connectivity index (χ0) is 57.5. The van der Waals surface area contributed by atoms with Crippen molar-refractivity contribution in [2.75, 3.05) is 37.2 Å². The van der Waals surface area contributed by atoms with Gasteiger partial charge < -0.3 is 48.5 Å². The Bertz CT molecular complexity index is 2740. The van der Waals surface area contributed by atoms with E-state index in [0.717, 1.165) is 32.1 Å². The minimum absolute atomic E-state index is 0.00282. The average molecular weight is 1140 g/mol. The fraction of sp³-hybridized carbons (Fsp3) is 0.724. The van der Waals surface area contributed by atoms with Crippen LogP contribution in [0, 0.1) is 79.6 Å². The molecule has 6 aliphatic carbocycles. The average Bonchev–Trinajstić information content (AvgIpc) is 4.21. The third kappa shape index (κ3) is 10.1. The maximum absolute atomic E-state index is 15.0. The van der Waals surface area contributed by atoms with Crippen molar-refractivity contribution in [3.63, 3.8) is 0 Å². The molecule has 2 aliphatic heterocycles. The van der Waals surface area contributed by atoms with Gasteiger partial charge >= 0.3 is 26.2 Å². The van der Waals surface area contributed by atoms with E-state index in [1.54, 1.807) is 30.2 Å². The zero-order valence-electron chi connectivity index (χ0n) is 47.4. The number of Topliss-reactive ketones (excluding diaryl/α,β-unsaturated/α-hetero) is 2. The number of aliphatic hydroxyl groups is 2. The molecule has 1 unspecified atom stereocenters. The van der Waals surface area contributed by atoms with Crippen LogP contribution in [0.5, 0.6) is 11.5 Å². The van der Waals surface area contributed by atoms with Crippen molar-refractivity contribution < 1.29 is 80.7 Å². The topological polar surface area (TPSA) is 222 Å². The lowest BCUT2D eigenvalue weighted by molar-refractivity contribution is -0.210. The van der Waals surface area contributed by atoms with Gasteiger partial charge in [0.05, 0.1) is 25.4 Å². The van der Waals surface area contributed by atoms with Crippen LogP contribution in [0.4, 0.5) is 8.78 Å². The molecule has 434 valence electrons. The second kappa shape index (κ2) is 22.3. The number of hydrogen-bond donors (Lipinski definition) is 4. The Morgan fingerprint density at radius 3 is 1.51 bits per heavy atom. The van der Waals surface area contributed by atoms with Crippen molar-refractivity contribution in [1.82, 2.24) is 0 Å². The fourth-order valence-electron chi connectivity index (χ4n) is 17.2. The van der Waals surface area contributed by atoms with Crippen LogP contribution < -0.4 is 20.4 Å². The monoisotopic (exact) mass is 1140 g/mol. The van der Waals surface area contributed by atoms with Gasteiger partial charge in [0, 0.05) is 85.8 Å². The first kappa shape index (κ1) is 60.2. The molecule has 79 heavy (non-hydrogen) atoms. The Morgan fingerprint density at radius 1 is 0.696 bits per heavy atom. The summed E-state index contributed by atoms with van der Waals surface area (Å²) < 4.78 is 76.1. The number of carbonyl (C=O) groups excluding carboxylic acids is 4. The Kier molecular flexibility index (Phi) is 17.0. The van der Waals surface area contributed by atoms with E-state index in [1.165, 1.54) is 12.1 Å². The van der Waals surface area contributed by atoms with E-state index >= 15 is 0 Å². The maximum Gasteiger partial charge on any atom is 0.494 e. The fourth-order valence-corrected chi connectivity index (χ4v) is 19.4. The van der Waals surface area contributed by atoms with Crippen molar-refractivity contribution in [1.29, 1.82) is 0 Å². The Balaban J connectivity index is 0.000000192. The number of rotatable bonds is 12. The van der Waals surface area contributed by atoms with E-state index in [2.05, 4.69) is 34.6 Å². The van der Waals surface area contributed by atoms with Gasteiger partial charge in [0.15, 0.2) is 36.3 Å². The largest absolute Gasteiger partial charge is 0.494 e. The second-order valence-corrected chi connectivity index (χ2v) is 28.3. The lowest BCUT2D eigenvalue weighted by Crippen LogP contribution is -2.64. The van der Waals surface area contributed by atoms with Crippen LogP contribution in [0.25, 0.3) is 0 Å². The van der Waals surface area contributed by atoms with Crippen molar-refractivity contribution in [3.05, 3.63) is 47.0 Å². The summed E-state index contributed by atoms with van der Waals surface area (Å²) in [4.78, 5) is 53.7. The second-order valence-electron chi connectivity index (χ2n) is 26.0. The quantitative estimate of drug-likeness (QED) is 0.141. The summed E-state index contributed by atoms with van der Waals surface area (Å²) in [6.45, 7) is 15.6. The van der Waals surface area contributed by atoms with E-state index in [0.29, 0.717) is 42.6 Å². The summed E-state index contributed by atoms with van der Waals surface area (Å²) in [5, 5.41) is 43.5. The lowest BCUT2D eigenvalue weighted by atomic mass is 9.44. The number of ketones is 2. The Hall–Kier alpha value is -3.43. The van der Waals surface area contributed by atoms with E-state index in [4.69, 9.17) is 28.3 Å². The van der Waals surface area contributed by atoms with Crippen molar-refractivity contribution >= 4 is 71.2 Å². The maximum atomic E-state index is 15.0. The summed E-state index contributed by atoms with van der Waals surface area (Å²) >= 11 is 1.66. The first-order valence-electron chi connectivity index (χ1n) is 28.2. The number of ether oxygens (including phenoxy) is 4. The number of thioether (sulfide) groups is 1. The first-order valence-corrected chi connectivity index (χ1v) is 31.3. The molecule has 0 radical (unpaired) electrons. The molecule has 6 fully saturated rings. The molecule has 21 heteroatoms. The number of fused-ring (bicyclic) bond motifs is 2. The smallest absolute Gasteiger partial charge is 0.479 e. The van der Waals surface area contributed by atoms with E-state index in [1.807, 2.05) is 27.0 Å². The molecule has 4 bridgehead atoms. The van der Waals surface area contributed by atoms with E-state index in [9.17, 15) is 52.4 Å². The highest BCUT2D eigenvalue weighted by atomic mass is 32.2. The predicted octanol–water partition coefficient (Wildman–Crippen LogP) is 6.03. The summed E-state index contributed by atoms with van der Waals surface area (Å²) in [5.74, 6) is -2.74. The van der Waals surface area contributed by atoms with Gasteiger partial charge in [-0.05, 0) is 115 Å². The Morgan fingerprint density at radius 2 is 1.10 bits per heavy atom. The highest BCUT2D eigenvalue weighted by molar-refractivity contribution is 7.98. The minimum Gasteiger partial charge on any atom is -0.479 e. The molecule has 2 aromatic carbocycles. The molecule has 0 saturated heterocycles. The van der Waals surface area contributed by atoms with Crippen LogP contribution in [0.15, 0.2) is 24.3 Å². The van der Waals surface area contributed by atoms with E-state index < -0.39 is 113 Å². The number of aliphatic hydroxyl groups excluding tert-OH is 2. The van der Waals surface area contributed by atoms with Crippen LogP contribution in [0.2, 0.25) is 0 Å². The van der Waals surface area contributed by atoms with Crippen LogP contribution >= 0.6 is 11.8 Å². The number of benzene rings is 2.